The number of hydrogen-bond acceptors (Lipinski definition) is 6. The molecule has 31 heavy (non-hydrogen) atoms. The van der Waals surface area contributed by atoms with E-state index in [1.165, 1.54) is 18.4 Å². The van der Waals surface area contributed by atoms with Crippen molar-refractivity contribution in [3.8, 4) is 17.2 Å². The second-order valence-corrected chi connectivity index (χ2v) is 8.41. The molecule has 2 fully saturated rings. The molecule has 2 aliphatic rings. The summed E-state index contributed by atoms with van der Waals surface area (Å²) >= 11 is 0. The molecule has 162 valence electrons. The summed E-state index contributed by atoms with van der Waals surface area (Å²) in [5.41, 5.74) is 2.23. The van der Waals surface area contributed by atoms with Crippen molar-refractivity contribution in [3.05, 3.63) is 47.8 Å². The molecule has 0 bridgehead atoms. The Bertz CT molecular complexity index is 1090. The summed E-state index contributed by atoms with van der Waals surface area (Å²) in [5, 5.41) is 1.03. The van der Waals surface area contributed by atoms with Crippen molar-refractivity contribution in [1.29, 1.82) is 0 Å². The zero-order valence-corrected chi connectivity index (χ0v) is 18.4. The van der Waals surface area contributed by atoms with Crippen LogP contribution in [-0.2, 0) is 0 Å². The zero-order valence-electron chi connectivity index (χ0n) is 18.4. The van der Waals surface area contributed by atoms with Gasteiger partial charge in [-0.3, -0.25) is 0 Å². The highest BCUT2D eigenvalue weighted by atomic mass is 16.5. The maximum atomic E-state index is 5.60. The molecule has 0 spiro atoms. The van der Waals surface area contributed by atoms with Crippen molar-refractivity contribution in [2.45, 2.75) is 37.5 Å². The predicted molar refractivity (Wildman–Crippen MR) is 122 cm³/mol. The van der Waals surface area contributed by atoms with Crippen molar-refractivity contribution in [3.63, 3.8) is 0 Å². The van der Waals surface area contributed by atoms with E-state index in [-0.39, 0.29) is 0 Å². The average Bonchev–Trinajstić information content (AvgIpc) is 3.68. The van der Waals surface area contributed by atoms with E-state index in [0.29, 0.717) is 23.3 Å². The van der Waals surface area contributed by atoms with Crippen LogP contribution in [0.4, 0.5) is 5.82 Å². The van der Waals surface area contributed by atoms with Crippen molar-refractivity contribution in [2.24, 2.45) is 0 Å². The number of hydrogen-bond donors (Lipinski definition) is 0. The van der Waals surface area contributed by atoms with Crippen LogP contribution in [0.15, 0.2) is 36.4 Å². The van der Waals surface area contributed by atoms with Crippen LogP contribution in [0, 0.1) is 0 Å². The number of rotatable bonds is 6. The van der Waals surface area contributed by atoms with Crippen LogP contribution in [0.1, 0.15) is 48.9 Å². The quantitative estimate of drug-likeness (QED) is 0.565. The van der Waals surface area contributed by atoms with E-state index in [1.807, 2.05) is 18.2 Å². The van der Waals surface area contributed by atoms with Crippen LogP contribution >= 0.6 is 0 Å². The Labute approximate surface area is 183 Å². The number of benzene rings is 2. The van der Waals surface area contributed by atoms with Gasteiger partial charge in [0.2, 0.25) is 0 Å². The van der Waals surface area contributed by atoms with Gasteiger partial charge in [-0.05, 0) is 49.3 Å². The Morgan fingerprint density at radius 1 is 0.774 bits per heavy atom. The van der Waals surface area contributed by atoms with Gasteiger partial charge < -0.3 is 19.1 Å². The van der Waals surface area contributed by atoms with Gasteiger partial charge in [0.15, 0.2) is 11.5 Å². The second kappa shape index (κ2) is 8.25. The topological polar surface area (TPSA) is 56.7 Å². The van der Waals surface area contributed by atoms with Gasteiger partial charge in [-0.1, -0.05) is 18.2 Å². The fraction of sp³-hybridized carbons (Fsp3) is 0.440. The molecule has 2 heterocycles. The predicted octanol–water partition coefficient (Wildman–Crippen LogP) is 4.92. The number of anilines is 1. The minimum Gasteiger partial charge on any atom is -0.496 e. The molecule has 1 aliphatic carbocycles. The third-order valence-corrected chi connectivity index (χ3v) is 6.51. The van der Waals surface area contributed by atoms with Crippen LogP contribution in [0.3, 0.4) is 0 Å². The molecular formula is C25H29N3O3. The number of piperidine rings is 1. The number of para-hydroxylation sites is 1. The number of nitrogens with zero attached hydrogens (tertiary/aromatic N) is 3. The fourth-order valence-corrected chi connectivity index (χ4v) is 4.63. The standard InChI is InChI=1S/C25H29N3O3/c1-29-21-7-5-4-6-18(21)16-10-12-28(13-11-16)25-19-14-22(30-2)23(31-3)15-20(19)26-24(27-25)17-8-9-17/h4-7,14-17H,8-13H2,1-3H3. The number of methoxy groups -OCH3 is 3. The molecule has 1 saturated carbocycles. The van der Waals surface area contributed by atoms with Crippen molar-refractivity contribution in [1.82, 2.24) is 9.97 Å². The van der Waals surface area contributed by atoms with Gasteiger partial charge in [-0.25, -0.2) is 9.97 Å². The Morgan fingerprint density at radius 3 is 2.13 bits per heavy atom. The summed E-state index contributed by atoms with van der Waals surface area (Å²) in [6.45, 7) is 1.90. The summed E-state index contributed by atoms with van der Waals surface area (Å²) in [6, 6.07) is 12.4. The number of fused-ring (bicyclic) bond motifs is 1. The average molecular weight is 420 g/mol. The molecule has 1 saturated heterocycles. The SMILES string of the molecule is COc1cc2nc(C3CC3)nc(N3CCC(c4ccccc4OC)CC3)c2cc1OC. The lowest BCUT2D eigenvalue weighted by atomic mass is 9.88. The van der Waals surface area contributed by atoms with Gasteiger partial charge in [0.1, 0.15) is 17.4 Å². The minimum atomic E-state index is 0.488. The van der Waals surface area contributed by atoms with Crippen LogP contribution in [-0.4, -0.2) is 44.4 Å². The molecule has 6 heteroatoms. The highest BCUT2D eigenvalue weighted by Crippen LogP contribution is 2.43. The smallest absolute Gasteiger partial charge is 0.162 e. The van der Waals surface area contributed by atoms with E-state index in [9.17, 15) is 0 Å². The molecule has 6 nitrogen and oxygen atoms in total. The molecule has 0 atom stereocenters. The van der Waals surface area contributed by atoms with E-state index < -0.39 is 0 Å². The molecular weight excluding hydrogens is 390 g/mol. The molecule has 0 N–H and O–H groups in total. The van der Waals surface area contributed by atoms with Crippen LogP contribution in [0.25, 0.3) is 10.9 Å². The first kappa shape index (κ1) is 19.9. The summed E-state index contributed by atoms with van der Waals surface area (Å²) in [6.07, 6.45) is 4.48. The third-order valence-electron chi connectivity index (χ3n) is 6.51. The molecule has 0 radical (unpaired) electrons. The van der Waals surface area contributed by atoms with Gasteiger partial charge >= 0.3 is 0 Å². The maximum Gasteiger partial charge on any atom is 0.162 e. The van der Waals surface area contributed by atoms with Crippen LogP contribution in [0.5, 0.6) is 17.2 Å². The second-order valence-electron chi connectivity index (χ2n) is 8.41. The van der Waals surface area contributed by atoms with Crippen LogP contribution < -0.4 is 19.1 Å². The lowest BCUT2D eigenvalue weighted by Crippen LogP contribution is -2.34. The zero-order chi connectivity index (χ0) is 21.4. The number of ether oxygens (including phenoxy) is 3. The minimum absolute atomic E-state index is 0.488. The lowest BCUT2D eigenvalue weighted by Gasteiger charge is -2.34. The highest BCUT2D eigenvalue weighted by Gasteiger charge is 2.30. The maximum absolute atomic E-state index is 5.60. The van der Waals surface area contributed by atoms with E-state index in [4.69, 9.17) is 24.2 Å². The number of aromatic nitrogens is 2. The van der Waals surface area contributed by atoms with E-state index >= 15 is 0 Å². The summed E-state index contributed by atoms with van der Waals surface area (Å²) in [4.78, 5) is 12.3. The van der Waals surface area contributed by atoms with Crippen LogP contribution in [0.2, 0.25) is 0 Å². The first-order chi connectivity index (χ1) is 15.2. The highest BCUT2D eigenvalue weighted by molar-refractivity contribution is 5.92. The Hall–Kier alpha value is -3.02. The van der Waals surface area contributed by atoms with Gasteiger partial charge in [0.05, 0.1) is 26.8 Å². The Morgan fingerprint density at radius 2 is 1.45 bits per heavy atom. The van der Waals surface area contributed by atoms with Gasteiger partial charge in [-0.2, -0.15) is 0 Å². The fourth-order valence-electron chi connectivity index (χ4n) is 4.63. The molecule has 1 aromatic heterocycles. The van der Waals surface area contributed by atoms with E-state index in [1.54, 1.807) is 21.3 Å². The van der Waals surface area contributed by atoms with Gasteiger partial charge in [0.25, 0.3) is 0 Å². The van der Waals surface area contributed by atoms with Crippen molar-refractivity contribution >= 4 is 16.7 Å². The first-order valence-corrected chi connectivity index (χ1v) is 11.0. The van der Waals surface area contributed by atoms with Gasteiger partial charge in [-0.15, -0.1) is 0 Å². The normalized spacial score (nSPS) is 17.1. The van der Waals surface area contributed by atoms with Crippen molar-refractivity contribution < 1.29 is 14.2 Å². The largest absolute Gasteiger partial charge is 0.496 e. The van der Waals surface area contributed by atoms with E-state index in [2.05, 4.69) is 23.1 Å². The van der Waals surface area contributed by atoms with E-state index in [0.717, 1.165) is 54.2 Å². The molecule has 0 unspecified atom stereocenters. The third kappa shape index (κ3) is 3.75. The molecule has 3 aromatic rings. The Kier molecular flexibility index (Phi) is 5.30. The molecule has 0 amide bonds. The molecule has 5 rings (SSSR count). The summed E-state index contributed by atoms with van der Waals surface area (Å²) in [7, 11) is 5.08. The first-order valence-electron chi connectivity index (χ1n) is 11.0. The van der Waals surface area contributed by atoms with Gasteiger partial charge in [0, 0.05) is 30.5 Å². The monoisotopic (exact) mass is 419 g/mol. The summed E-state index contributed by atoms with van der Waals surface area (Å²) < 4.78 is 16.7. The Balaban J connectivity index is 1.48. The summed E-state index contributed by atoms with van der Waals surface area (Å²) in [5.74, 6) is 5.37. The van der Waals surface area contributed by atoms with Crippen molar-refractivity contribution in [2.75, 3.05) is 39.3 Å². The lowest BCUT2D eigenvalue weighted by molar-refractivity contribution is 0.355. The molecule has 1 aliphatic heterocycles. The molecule has 2 aromatic carbocycles.